The first kappa shape index (κ1) is 14.4. The van der Waals surface area contributed by atoms with Gasteiger partial charge < -0.3 is 0 Å². The van der Waals surface area contributed by atoms with Crippen LogP contribution in [0.25, 0.3) is 5.69 Å². The summed E-state index contributed by atoms with van der Waals surface area (Å²) in [7, 11) is 0. The molecule has 0 atom stereocenters. The van der Waals surface area contributed by atoms with Crippen molar-refractivity contribution in [1.82, 2.24) is 25.9 Å². The quantitative estimate of drug-likeness (QED) is 0.750. The molecule has 0 amide bonds. The number of nitrogens with zero attached hydrogens (tertiary/aromatic N) is 3. The van der Waals surface area contributed by atoms with E-state index < -0.39 is 0 Å². The third-order valence-corrected chi connectivity index (χ3v) is 4.31. The van der Waals surface area contributed by atoms with Gasteiger partial charge in [0.2, 0.25) is 0 Å². The van der Waals surface area contributed by atoms with E-state index in [1.54, 1.807) is 16.9 Å². The fourth-order valence-electron chi connectivity index (χ4n) is 2.06. The van der Waals surface area contributed by atoms with Gasteiger partial charge in [0, 0.05) is 12.7 Å². The summed E-state index contributed by atoms with van der Waals surface area (Å²) >= 11 is 17.8. The molecule has 0 aliphatic carbocycles. The molecule has 0 saturated heterocycles. The largest absolute Gasteiger partial charge is 0.299 e. The summed E-state index contributed by atoms with van der Waals surface area (Å²) in [6.45, 7) is 2.75. The molecule has 1 aromatic carbocycles. The molecule has 0 spiro atoms. The van der Waals surface area contributed by atoms with Crippen LogP contribution in [0.3, 0.4) is 0 Å². The third-order valence-electron chi connectivity index (χ3n) is 3.10. The molecular formula is C12H12Cl2N6S. The van der Waals surface area contributed by atoms with Crippen molar-refractivity contribution in [3.8, 4) is 5.69 Å². The van der Waals surface area contributed by atoms with Gasteiger partial charge in [0.15, 0.2) is 5.84 Å². The van der Waals surface area contributed by atoms with E-state index in [1.165, 1.54) is 0 Å². The average Bonchev–Trinajstić information content (AvgIpc) is 3.08. The van der Waals surface area contributed by atoms with Crippen molar-refractivity contribution < 1.29 is 0 Å². The van der Waals surface area contributed by atoms with Gasteiger partial charge in [-0.05, 0) is 19.1 Å². The van der Waals surface area contributed by atoms with E-state index in [4.69, 9.17) is 35.4 Å². The SMILES string of the molecule is CCN1NNN=C1c1c[nH]n(-c2cccc(Cl)c2Cl)c1=S. The van der Waals surface area contributed by atoms with Crippen molar-refractivity contribution in [2.45, 2.75) is 6.92 Å². The number of benzene rings is 1. The molecule has 6 nitrogen and oxygen atoms in total. The van der Waals surface area contributed by atoms with Gasteiger partial charge in [-0.3, -0.25) is 10.1 Å². The van der Waals surface area contributed by atoms with Gasteiger partial charge in [0.1, 0.15) is 4.64 Å². The second-order valence-corrected chi connectivity index (χ2v) is 5.48. The summed E-state index contributed by atoms with van der Waals surface area (Å²) < 4.78 is 2.27. The summed E-state index contributed by atoms with van der Waals surface area (Å²) in [5.41, 5.74) is 7.12. The molecule has 0 fully saturated rings. The minimum absolute atomic E-state index is 0.445. The number of hydrazine groups is 2. The van der Waals surface area contributed by atoms with Crippen LogP contribution in [-0.4, -0.2) is 27.2 Å². The van der Waals surface area contributed by atoms with Crippen LogP contribution in [-0.2, 0) is 0 Å². The highest BCUT2D eigenvalue weighted by molar-refractivity contribution is 7.71. The Kier molecular flexibility index (Phi) is 3.90. The molecule has 9 heteroatoms. The number of aromatic nitrogens is 2. The van der Waals surface area contributed by atoms with Crippen molar-refractivity contribution in [2.75, 3.05) is 6.54 Å². The van der Waals surface area contributed by atoms with E-state index in [-0.39, 0.29) is 0 Å². The predicted molar refractivity (Wildman–Crippen MR) is 86.2 cm³/mol. The molecular weight excluding hydrogens is 331 g/mol. The summed E-state index contributed by atoms with van der Waals surface area (Å²) in [6.07, 6.45) is 1.79. The minimum Gasteiger partial charge on any atom is -0.299 e. The normalized spacial score (nSPS) is 14.2. The van der Waals surface area contributed by atoms with E-state index >= 15 is 0 Å². The number of hydrogen-bond acceptors (Lipinski definition) is 5. The van der Waals surface area contributed by atoms with Crippen LogP contribution in [0, 0.1) is 4.64 Å². The second-order valence-electron chi connectivity index (χ2n) is 4.30. The van der Waals surface area contributed by atoms with Gasteiger partial charge >= 0.3 is 0 Å². The molecule has 2 heterocycles. The molecule has 3 N–H and O–H groups in total. The Labute approximate surface area is 136 Å². The number of nitrogens with one attached hydrogen (secondary N) is 3. The predicted octanol–water partition coefficient (Wildman–Crippen LogP) is 2.85. The molecule has 1 aromatic heterocycles. The van der Waals surface area contributed by atoms with E-state index in [0.29, 0.717) is 20.4 Å². The Morgan fingerprint density at radius 1 is 1.33 bits per heavy atom. The first-order valence-electron chi connectivity index (χ1n) is 6.24. The van der Waals surface area contributed by atoms with Crippen molar-refractivity contribution >= 4 is 41.3 Å². The Hall–Kier alpha value is -1.54. The van der Waals surface area contributed by atoms with Crippen molar-refractivity contribution in [3.05, 3.63) is 44.6 Å². The highest BCUT2D eigenvalue weighted by atomic mass is 35.5. The molecule has 1 aliphatic rings. The highest BCUT2D eigenvalue weighted by Gasteiger charge is 2.21. The van der Waals surface area contributed by atoms with Crippen LogP contribution in [0.2, 0.25) is 10.0 Å². The first-order chi connectivity index (χ1) is 10.1. The van der Waals surface area contributed by atoms with E-state index in [9.17, 15) is 0 Å². The lowest BCUT2D eigenvalue weighted by Gasteiger charge is -2.14. The number of aromatic amines is 1. The zero-order chi connectivity index (χ0) is 15.0. The Morgan fingerprint density at radius 2 is 2.14 bits per heavy atom. The van der Waals surface area contributed by atoms with Gasteiger partial charge in [-0.15, -0.1) is 10.6 Å². The molecule has 110 valence electrons. The second kappa shape index (κ2) is 5.69. The molecule has 2 aromatic rings. The number of H-pyrrole nitrogens is 1. The molecule has 21 heavy (non-hydrogen) atoms. The summed E-state index contributed by atoms with van der Waals surface area (Å²) in [4.78, 5) is 0. The molecule has 0 radical (unpaired) electrons. The van der Waals surface area contributed by atoms with E-state index in [1.807, 2.05) is 24.1 Å². The van der Waals surface area contributed by atoms with Gasteiger partial charge in [-0.2, -0.15) is 0 Å². The van der Waals surface area contributed by atoms with Crippen molar-refractivity contribution in [3.63, 3.8) is 0 Å². The van der Waals surface area contributed by atoms with Crippen LogP contribution >= 0.6 is 35.4 Å². The van der Waals surface area contributed by atoms with Crippen LogP contribution in [0.15, 0.2) is 29.5 Å². The van der Waals surface area contributed by atoms with Crippen molar-refractivity contribution in [1.29, 1.82) is 0 Å². The van der Waals surface area contributed by atoms with Crippen LogP contribution in [0.5, 0.6) is 0 Å². The monoisotopic (exact) mass is 342 g/mol. The summed E-state index contributed by atoms with van der Waals surface area (Å²) in [5.74, 6) is 0.718. The van der Waals surface area contributed by atoms with Gasteiger partial charge in [0.05, 0.1) is 21.3 Å². The maximum Gasteiger partial charge on any atom is 0.177 e. The Balaban J connectivity index is 2.08. The zero-order valence-electron chi connectivity index (χ0n) is 11.0. The lowest BCUT2D eigenvalue weighted by molar-refractivity contribution is 0.308. The molecule has 3 rings (SSSR count). The molecule has 0 bridgehead atoms. The lowest BCUT2D eigenvalue weighted by Crippen LogP contribution is -2.40. The molecule has 0 saturated carbocycles. The van der Waals surface area contributed by atoms with Crippen LogP contribution in [0.1, 0.15) is 12.5 Å². The Morgan fingerprint density at radius 3 is 2.90 bits per heavy atom. The Bertz CT molecular complexity index is 765. The fourth-order valence-corrected chi connectivity index (χ4v) is 2.74. The van der Waals surface area contributed by atoms with Crippen molar-refractivity contribution in [2.24, 2.45) is 5.10 Å². The van der Waals surface area contributed by atoms with Crippen LogP contribution in [0.4, 0.5) is 0 Å². The summed E-state index contributed by atoms with van der Waals surface area (Å²) in [5, 5.41) is 10.0. The van der Waals surface area contributed by atoms with Gasteiger partial charge in [0.25, 0.3) is 0 Å². The zero-order valence-corrected chi connectivity index (χ0v) is 13.4. The maximum atomic E-state index is 6.24. The van der Waals surface area contributed by atoms with Crippen LogP contribution < -0.4 is 11.1 Å². The number of halogens is 2. The number of hydrazone groups is 1. The van der Waals surface area contributed by atoms with E-state index in [2.05, 4.69) is 21.3 Å². The minimum atomic E-state index is 0.445. The van der Waals surface area contributed by atoms with Gasteiger partial charge in [-0.25, -0.2) is 10.2 Å². The number of rotatable bonds is 3. The maximum absolute atomic E-state index is 6.24. The highest BCUT2D eigenvalue weighted by Crippen LogP contribution is 2.28. The number of hydrogen-bond donors (Lipinski definition) is 3. The fraction of sp³-hybridized carbons (Fsp3) is 0.167. The third kappa shape index (κ3) is 2.42. The van der Waals surface area contributed by atoms with E-state index in [0.717, 1.165) is 17.9 Å². The smallest absolute Gasteiger partial charge is 0.177 e. The van der Waals surface area contributed by atoms with Gasteiger partial charge in [-0.1, -0.05) is 41.5 Å². The lowest BCUT2D eigenvalue weighted by atomic mass is 10.3. The first-order valence-corrected chi connectivity index (χ1v) is 7.41. The summed E-state index contributed by atoms with van der Waals surface area (Å²) in [6, 6.07) is 5.39. The molecule has 0 unspecified atom stereocenters. The standard InChI is InChI=1S/C12H12Cl2N6S/c1-2-19-11(16-17-18-19)7-6-15-20(12(7)21)9-5-3-4-8(13)10(9)14/h3-6,15,17-18H,2H2,1H3. The average molecular weight is 343 g/mol. The molecule has 1 aliphatic heterocycles. The number of amidine groups is 1. The topological polar surface area (TPSA) is 60.4 Å².